The van der Waals surface area contributed by atoms with Crippen LogP contribution in [0.5, 0.6) is 5.75 Å². The molecule has 2 aromatic carbocycles. The van der Waals surface area contributed by atoms with Gasteiger partial charge in [0.25, 0.3) is 0 Å². The van der Waals surface area contributed by atoms with Crippen molar-refractivity contribution in [3.8, 4) is 5.75 Å². The normalized spacial score (nSPS) is 13.0. The molecule has 2 atom stereocenters. The van der Waals surface area contributed by atoms with E-state index in [9.17, 15) is 5.11 Å². The first-order valence-corrected chi connectivity index (χ1v) is 9.83. The number of hydrogen-bond acceptors (Lipinski definition) is 5. The maximum atomic E-state index is 10.5. The van der Waals surface area contributed by atoms with Crippen molar-refractivity contribution >= 4 is 13.9 Å². The maximum absolute atomic E-state index is 10.5. The molecule has 0 aliphatic rings. The van der Waals surface area contributed by atoms with Gasteiger partial charge in [0, 0.05) is 12.4 Å². The van der Waals surface area contributed by atoms with Gasteiger partial charge in [0.2, 0.25) is 0 Å². The van der Waals surface area contributed by atoms with E-state index in [0.717, 1.165) is 29.8 Å². The molecule has 2 aromatic rings. The van der Waals surface area contributed by atoms with Crippen LogP contribution in [-0.4, -0.2) is 38.2 Å². The molecule has 6 heteroatoms. The molecule has 0 saturated heterocycles. The zero-order valence-corrected chi connectivity index (χ0v) is 16.8. The van der Waals surface area contributed by atoms with Gasteiger partial charge in [0.15, 0.2) is 0 Å². The summed E-state index contributed by atoms with van der Waals surface area (Å²) in [6, 6.07) is 18.0. The Morgan fingerprint density at radius 2 is 1.75 bits per heavy atom. The second-order valence-electron chi connectivity index (χ2n) is 7.45. The highest BCUT2D eigenvalue weighted by Crippen LogP contribution is 2.21. The van der Waals surface area contributed by atoms with Gasteiger partial charge in [0.1, 0.15) is 18.8 Å². The minimum atomic E-state index is -0.535. The van der Waals surface area contributed by atoms with Crippen LogP contribution in [0, 0.1) is 11.3 Å². The highest BCUT2D eigenvalue weighted by Gasteiger charge is 2.22. The summed E-state index contributed by atoms with van der Waals surface area (Å²) >= 11 is 0. The topological polar surface area (TPSA) is 74.6 Å². The standard InChI is InChI=1S/C22H31BN2O3/c1-17(2)13-25-14-22(26)21(23-28-16-24)12-18-8-10-20(11-9-18)27-15-19-6-4-3-5-7-19/h3-11,16-17,21-26H,12-15H2,1-2H3/t21-,22?/m0/s1. The van der Waals surface area contributed by atoms with Crippen molar-refractivity contribution in [2.24, 2.45) is 5.92 Å². The van der Waals surface area contributed by atoms with Gasteiger partial charge >= 0.3 is 7.48 Å². The minimum Gasteiger partial charge on any atom is -0.557 e. The van der Waals surface area contributed by atoms with Crippen LogP contribution in [0.15, 0.2) is 54.6 Å². The molecule has 3 N–H and O–H groups in total. The lowest BCUT2D eigenvalue weighted by atomic mass is 9.72. The number of hydrogen-bond donors (Lipinski definition) is 3. The van der Waals surface area contributed by atoms with Crippen LogP contribution in [0.3, 0.4) is 0 Å². The third kappa shape index (κ3) is 8.15. The Balaban J connectivity index is 1.88. The molecule has 0 saturated carbocycles. The van der Waals surface area contributed by atoms with E-state index in [1.54, 1.807) is 0 Å². The molecule has 0 heterocycles. The van der Waals surface area contributed by atoms with Crippen molar-refractivity contribution in [2.45, 2.75) is 38.8 Å². The smallest absolute Gasteiger partial charge is 0.347 e. The fourth-order valence-electron chi connectivity index (χ4n) is 2.93. The summed E-state index contributed by atoms with van der Waals surface area (Å²) in [6.45, 7) is 6.19. The summed E-state index contributed by atoms with van der Waals surface area (Å²) < 4.78 is 11.0. The molecular weight excluding hydrogens is 351 g/mol. The van der Waals surface area contributed by atoms with Crippen LogP contribution in [-0.2, 0) is 17.7 Å². The van der Waals surface area contributed by atoms with Crippen LogP contribution in [0.1, 0.15) is 25.0 Å². The number of aliphatic hydroxyl groups excluding tert-OH is 1. The Hall–Kier alpha value is -2.31. The van der Waals surface area contributed by atoms with Gasteiger partial charge in [-0.2, -0.15) is 0 Å². The number of aliphatic hydroxyl groups is 1. The van der Waals surface area contributed by atoms with E-state index in [1.165, 1.54) is 0 Å². The van der Waals surface area contributed by atoms with Crippen LogP contribution >= 0.6 is 0 Å². The fourth-order valence-corrected chi connectivity index (χ4v) is 2.93. The van der Waals surface area contributed by atoms with Gasteiger partial charge in [-0.3, -0.25) is 5.41 Å². The van der Waals surface area contributed by atoms with Gasteiger partial charge in [0.05, 0.1) is 6.10 Å². The summed E-state index contributed by atoms with van der Waals surface area (Å²) in [7, 11) is 0.320. The third-order valence-electron chi connectivity index (χ3n) is 4.51. The van der Waals surface area contributed by atoms with E-state index >= 15 is 0 Å². The monoisotopic (exact) mass is 382 g/mol. The summed E-state index contributed by atoms with van der Waals surface area (Å²) in [5.41, 5.74) is 2.24. The number of nitrogens with one attached hydrogen (secondary N) is 2. The number of rotatable bonds is 13. The number of ether oxygens (including phenoxy) is 1. The minimum absolute atomic E-state index is 0.0858. The lowest BCUT2D eigenvalue weighted by Crippen LogP contribution is -2.35. The van der Waals surface area contributed by atoms with Gasteiger partial charge in [-0.15, -0.1) is 0 Å². The third-order valence-corrected chi connectivity index (χ3v) is 4.51. The molecule has 5 nitrogen and oxygen atoms in total. The molecule has 0 bridgehead atoms. The molecule has 0 aliphatic carbocycles. The highest BCUT2D eigenvalue weighted by atomic mass is 16.5. The second kappa shape index (κ2) is 12.2. The molecule has 0 fully saturated rings. The van der Waals surface area contributed by atoms with Crippen LogP contribution in [0.25, 0.3) is 0 Å². The molecule has 0 aromatic heterocycles. The highest BCUT2D eigenvalue weighted by molar-refractivity contribution is 6.32. The Kier molecular flexibility index (Phi) is 9.59. The predicted molar refractivity (Wildman–Crippen MR) is 115 cm³/mol. The van der Waals surface area contributed by atoms with Gasteiger partial charge in [-0.1, -0.05) is 56.3 Å². The lowest BCUT2D eigenvalue weighted by Gasteiger charge is -2.22. The Morgan fingerprint density at radius 3 is 2.39 bits per heavy atom. The van der Waals surface area contributed by atoms with Crippen LogP contribution in [0.4, 0.5) is 0 Å². The largest absolute Gasteiger partial charge is 0.557 e. The maximum Gasteiger partial charge on any atom is 0.347 e. The Bertz CT molecular complexity index is 680. The van der Waals surface area contributed by atoms with E-state index in [1.807, 2.05) is 54.6 Å². The first-order chi connectivity index (χ1) is 13.6. The van der Waals surface area contributed by atoms with Crippen molar-refractivity contribution in [1.29, 1.82) is 5.41 Å². The average molecular weight is 382 g/mol. The van der Waals surface area contributed by atoms with Gasteiger partial charge in [-0.05, 0) is 42.1 Å². The molecule has 150 valence electrons. The summed E-state index contributed by atoms with van der Waals surface area (Å²) in [6.07, 6.45) is 1.08. The molecule has 28 heavy (non-hydrogen) atoms. The van der Waals surface area contributed by atoms with Crippen LogP contribution in [0.2, 0.25) is 5.82 Å². The zero-order valence-electron chi connectivity index (χ0n) is 16.8. The van der Waals surface area contributed by atoms with E-state index in [-0.39, 0.29) is 5.82 Å². The fraction of sp³-hybridized carbons (Fsp3) is 0.409. The first kappa shape index (κ1) is 22.0. The van der Waals surface area contributed by atoms with Crippen molar-refractivity contribution in [3.63, 3.8) is 0 Å². The second-order valence-corrected chi connectivity index (χ2v) is 7.45. The summed E-state index contributed by atoms with van der Waals surface area (Å²) in [4.78, 5) is 0. The van der Waals surface area contributed by atoms with Crippen molar-refractivity contribution in [2.75, 3.05) is 13.1 Å². The van der Waals surface area contributed by atoms with E-state index < -0.39 is 6.10 Å². The van der Waals surface area contributed by atoms with E-state index in [0.29, 0.717) is 33.0 Å². The summed E-state index contributed by atoms with van der Waals surface area (Å²) in [5.74, 6) is 1.27. The van der Waals surface area contributed by atoms with Crippen molar-refractivity contribution in [3.05, 3.63) is 65.7 Å². The molecule has 0 amide bonds. The Labute approximate surface area is 168 Å². The first-order valence-electron chi connectivity index (χ1n) is 9.83. The molecule has 0 spiro atoms. The SMILES string of the molecule is CC(C)CNCC(O)[C@@H](BOC=N)Cc1ccc(OCc2ccccc2)cc1. The average Bonchev–Trinajstić information content (AvgIpc) is 2.71. The van der Waals surface area contributed by atoms with Gasteiger partial charge < -0.3 is 19.8 Å². The number of benzene rings is 2. The van der Waals surface area contributed by atoms with Crippen LogP contribution < -0.4 is 10.1 Å². The molecule has 0 aliphatic heterocycles. The van der Waals surface area contributed by atoms with Gasteiger partial charge in [-0.25, -0.2) is 0 Å². The van der Waals surface area contributed by atoms with E-state index in [4.69, 9.17) is 14.8 Å². The van der Waals surface area contributed by atoms with Crippen molar-refractivity contribution < 1.29 is 14.5 Å². The quantitative estimate of drug-likeness (QED) is 0.283. The molecular formula is C22H31BN2O3. The Morgan fingerprint density at radius 1 is 1.04 bits per heavy atom. The predicted octanol–water partition coefficient (Wildman–Crippen LogP) is 3.18. The lowest BCUT2D eigenvalue weighted by molar-refractivity contribution is 0.157. The molecule has 1 unspecified atom stereocenters. The molecule has 0 radical (unpaired) electrons. The zero-order chi connectivity index (χ0) is 20.2. The molecule has 2 rings (SSSR count). The van der Waals surface area contributed by atoms with E-state index in [2.05, 4.69) is 19.2 Å². The van der Waals surface area contributed by atoms with Crippen molar-refractivity contribution in [1.82, 2.24) is 5.32 Å². The summed E-state index contributed by atoms with van der Waals surface area (Å²) in [5, 5.41) is 20.9.